The van der Waals surface area contributed by atoms with Crippen LogP contribution in [-0.4, -0.2) is 92.9 Å². The number of piperazine rings is 1. The van der Waals surface area contributed by atoms with Crippen LogP contribution in [0.2, 0.25) is 0 Å². The van der Waals surface area contributed by atoms with Crippen LogP contribution >= 0.6 is 0 Å². The van der Waals surface area contributed by atoms with Crippen LogP contribution in [0.4, 0.5) is 11.8 Å². The zero-order valence-corrected chi connectivity index (χ0v) is 23.4. The molecule has 0 aliphatic carbocycles. The molecule has 8 rings (SSSR count). The number of anilines is 2. The van der Waals surface area contributed by atoms with E-state index in [-0.39, 0.29) is 6.10 Å². The van der Waals surface area contributed by atoms with Gasteiger partial charge in [0.15, 0.2) is 11.6 Å². The van der Waals surface area contributed by atoms with Gasteiger partial charge in [-0.1, -0.05) is 0 Å². The van der Waals surface area contributed by atoms with E-state index in [1.165, 1.54) is 0 Å². The summed E-state index contributed by atoms with van der Waals surface area (Å²) in [7, 11) is 3.76. The first-order valence-electron chi connectivity index (χ1n) is 14.1. The van der Waals surface area contributed by atoms with E-state index in [9.17, 15) is 0 Å². The van der Waals surface area contributed by atoms with Gasteiger partial charge in [0.25, 0.3) is 0 Å². The highest BCUT2D eigenvalue weighted by atomic mass is 16.5. The maximum Gasteiger partial charge on any atom is 0.206 e. The molecule has 2 bridgehead atoms. The largest absolute Gasteiger partial charge is 0.496 e. The topological polar surface area (TPSA) is 111 Å². The number of methoxy groups -OCH3 is 1. The van der Waals surface area contributed by atoms with Crippen LogP contribution in [0.25, 0.3) is 39.0 Å². The van der Waals surface area contributed by atoms with Gasteiger partial charge in [-0.05, 0) is 25.5 Å². The lowest BCUT2D eigenvalue weighted by Gasteiger charge is -2.28. The van der Waals surface area contributed by atoms with E-state index in [2.05, 4.69) is 37.8 Å². The fourth-order valence-electron chi connectivity index (χ4n) is 6.51. The highest BCUT2D eigenvalue weighted by Gasteiger charge is 2.41. The summed E-state index contributed by atoms with van der Waals surface area (Å²) < 4.78 is 15.7. The minimum absolute atomic E-state index is 0.244. The second-order valence-electron chi connectivity index (χ2n) is 11.0. The Morgan fingerprint density at radius 3 is 2.73 bits per heavy atom. The number of aromatic nitrogens is 7. The molecule has 2 atom stereocenters. The van der Waals surface area contributed by atoms with Crippen molar-refractivity contribution < 1.29 is 9.47 Å². The highest BCUT2D eigenvalue weighted by molar-refractivity contribution is 5.92. The summed E-state index contributed by atoms with van der Waals surface area (Å²) in [6.07, 6.45) is 6.64. The Balaban J connectivity index is 1.32. The molecule has 41 heavy (non-hydrogen) atoms. The molecule has 3 aliphatic heterocycles. The molecule has 0 amide bonds. The predicted octanol–water partition coefficient (Wildman–Crippen LogP) is 2.47. The number of nitrogens with one attached hydrogen (secondary N) is 1. The molecule has 3 fully saturated rings. The van der Waals surface area contributed by atoms with E-state index in [1.807, 2.05) is 29.9 Å². The van der Waals surface area contributed by atoms with Crippen LogP contribution in [-0.2, 0) is 11.8 Å². The van der Waals surface area contributed by atoms with Gasteiger partial charge in [0.05, 0.1) is 54.4 Å². The van der Waals surface area contributed by atoms with Crippen LogP contribution in [0.15, 0.2) is 36.8 Å². The molecular weight excluding hydrogens is 520 g/mol. The SMILES string of the molecule is COc1ccncc1-c1cc2c(cnn2-c2cc3c(nc(N4CCNCC4)n3C)c(N3C[C@H]4C[C@@H]3CO4)n2)c(C)n1. The second kappa shape index (κ2) is 9.38. The van der Waals surface area contributed by atoms with Gasteiger partial charge in [-0.25, -0.2) is 14.6 Å². The van der Waals surface area contributed by atoms with E-state index in [4.69, 9.17) is 29.5 Å². The third kappa shape index (κ3) is 3.85. The Bertz CT molecular complexity index is 1790. The van der Waals surface area contributed by atoms with Crippen molar-refractivity contribution in [3.8, 4) is 22.8 Å². The third-order valence-electron chi connectivity index (χ3n) is 8.64. The first kappa shape index (κ1) is 24.5. The van der Waals surface area contributed by atoms with E-state index in [0.717, 1.165) is 108 Å². The molecule has 5 aromatic heterocycles. The number of aryl methyl sites for hydroxylation is 2. The number of pyridine rings is 3. The smallest absolute Gasteiger partial charge is 0.206 e. The summed E-state index contributed by atoms with van der Waals surface area (Å²) in [4.78, 5) is 24.4. The Labute approximate surface area is 236 Å². The summed E-state index contributed by atoms with van der Waals surface area (Å²) in [5, 5.41) is 9.24. The zero-order chi connectivity index (χ0) is 27.7. The lowest BCUT2D eigenvalue weighted by molar-refractivity contribution is 0.0990. The molecule has 12 heteroatoms. The van der Waals surface area contributed by atoms with Crippen molar-refractivity contribution in [1.29, 1.82) is 0 Å². The first-order chi connectivity index (χ1) is 20.1. The molecule has 8 heterocycles. The van der Waals surface area contributed by atoms with Crippen molar-refractivity contribution in [3.05, 3.63) is 42.5 Å². The van der Waals surface area contributed by atoms with Gasteiger partial charge in [0.2, 0.25) is 5.95 Å². The highest BCUT2D eigenvalue weighted by Crippen LogP contribution is 2.38. The molecule has 5 aromatic rings. The summed E-state index contributed by atoms with van der Waals surface area (Å²) in [6, 6.07) is 6.30. The van der Waals surface area contributed by atoms with E-state index in [1.54, 1.807) is 19.5 Å². The number of fused-ring (bicyclic) bond motifs is 4. The number of imidazole rings is 1. The first-order valence-corrected chi connectivity index (χ1v) is 14.1. The van der Waals surface area contributed by atoms with Crippen LogP contribution in [0.1, 0.15) is 12.1 Å². The van der Waals surface area contributed by atoms with Crippen molar-refractivity contribution in [2.45, 2.75) is 25.5 Å². The average molecular weight is 553 g/mol. The maximum absolute atomic E-state index is 5.94. The molecule has 0 radical (unpaired) electrons. The summed E-state index contributed by atoms with van der Waals surface area (Å²) in [6.45, 7) is 7.29. The molecule has 0 unspecified atom stereocenters. The van der Waals surface area contributed by atoms with Crippen LogP contribution in [0, 0.1) is 6.92 Å². The van der Waals surface area contributed by atoms with Crippen molar-refractivity contribution in [2.24, 2.45) is 7.05 Å². The Morgan fingerprint density at radius 2 is 1.95 bits per heavy atom. The Hall–Kier alpha value is -4.29. The molecule has 0 saturated carbocycles. The van der Waals surface area contributed by atoms with Crippen molar-refractivity contribution >= 4 is 33.7 Å². The second-order valence-corrected chi connectivity index (χ2v) is 11.0. The number of hydrogen-bond donors (Lipinski definition) is 1. The normalized spacial score (nSPS) is 20.6. The Kier molecular flexibility index (Phi) is 5.61. The molecule has 0 spiro atoms. The lowest BCUT2D eigenvalue weighted by atomic mass is 10.1. The third-order valence-corrected chi connectivity index (χ3v) is 8.64. The van der Waals surface area contributed by atoms with Gasteiger partial charge in [0, 0.05) is 69.3 Å². The van der Waals surface area contributed by atoms with Crippen LogP contribution in [0.5, 0.6) is 5.75 Å². The summed E-state index contributed by atoms with van der Waals surface area (Å²) in [5.74, 6) is 3.34. The van der Waals surface area contributed by atoms with Crippen molar-refractivity contribution in [3.63, 3.8) is 0 Å². The van der Waals surface area contributed by atoms with Gasteiger partial charge in [-0.15, -0.1) is 0 Å². The van der Waals surface area contributed by atoms with Gasteiger partial charge in [0.1, 0.15) is 11.3 Å². The quantitative estimate of drug-likeness (QED) is 0.349. The number of morpholine rings is 1. The van der Waals surface area contributed by atoms with Crippen LogP contribution in [0.3, 0.4) is 0 Å². The van der Waals surface area contributed by atoms with Crippen LogP contribution < -0.4 is 19.9 Å². The molecule has 3 saturated heterocycles. The van der Waals surface area contributed by atoms with Crippen molar-refractivity contribution in [1.82, 2.24) is 39.6 Å². The molecule has 0 aromatic carbocycles. The Morgan fingerprint density at radius 1 is 1.07 bits per heavy atom. The fraction of sp³-hybridized carbons (Fsp3) is 0.414. The monoisotopic (exact) mass is 552 g/mol. The standard InChI is InChI=1S/C29H32N10O2/c1-17-20-14-32-39(23(20)11-22(33-17)21-13-31-5-4-25(21)40-3)26-12-24-27(28(34-26)38-15-19-10-18(38)16-41-19)35-29(36(24)2)37-8-6-30-7-9-37/h4-5,11-14,18-19,30H,6-10,15-16H2,1-3H3/t18-,19-/m1/s1. The minimum Gasteiger partial charge on any atom is -0.496 e. The van der Waals surface area contributed by atoms with Gasteiger partial charge >= 0.3 is 0 Å². The average Bonchev–Trinajstić information content (AvgIpc) is 3.81. The molecule has 3 aliphatic rings. The number of rotatable bonds is 5. The number of ether oxygens (including phenoxy) is 2. The summed E-state index contributed by atoms with van der Waals surface area (Å²) in [5.41, 5.74) is 5.37. The molecule has 1 N–H and O–H groups in total. The van der Waals surface area contributed by atoms with Crippen molar-refractivity contribution in [2.75, 3.05) is 56.2 Å². The maximum atomic E-state index is 5.94. The molecule has 210 valence electrons. The number of hydrogen-bond acceptors (Lipinski definition) is 10. The van der Waals surface area contributed by atoms with Gasteiger partial charge < -0.3 is 29.2 Å². The van der Waals surface area contributed by atoms with E-state index < -0.39 is 0 Å². The predicted molar refractivity (Wildman–Crippen MR) is 156 cm³/mol. The zero-order valence-electron chi connectivity index (χ0n) is 23.4. The van der Waals surface area contributed by atoms with Gasteiger partial charge in [-0.2, -0.15) is 5.10 Å². The number of nitrogens with zero attached hydrogens (tertiary/aromatic N) is 9. The lowest BCUT2D eigenvalue weighted by Crippen LogP contribution is -2.44. The fourth-order valence-corrected chi connectivity index (χ4v) is 6.51. The minimum atomic E-state index is 0.244. The van der Waals surface area contributed by atoms with E-state index in [0.29, 0.717) is 6.04 Å². The molecular formula is C29H32N10O2. The van der Waals surface area contributed by atoms with E-state index >= 15 is 0 Å². The van der Waals surface area contributed by atoms with Gasteiger partial charge in [-0.3, -0.25) is 9.97 Å². The molecule has 12 nitrogen and oxygen atoms in total. The summed E-state index contributed by atoms with van der Waals surface area (Å²) >= 11 is 0.